The maximum absolute atomic E-state index is 11.1. The first-order valence-electron chi connectivity index (χ1n) is 4.53. The van der Waals surface area contributed by atoms with Gasteiger partial charge in [-0.1, -0.05) is 19.8 Å². The van der Waals surface area contributed by atoms with E-state index >= 15 is 0 Å². The highest BCUT2D eigenvalue weighted by molar-refractivity contribution is 7.87. The normalized spacial score (nSPS) is 13.6. The molecule has 0 aromatic heterocycles. The summed E-state index contributed by atoms with van der Waals surface area (Å²) in [5.41, 5.74) is 0. The Kier molecular flexibility index (Phi) is 5.71. The number of unbranched alkanes of at least 4 members (excludes halogenated alkanes) is 2. The van der Waals surface area contributed by atoms with Crippen LogP contribution >= 0.6 is 0 Å². The molecule has 0 saturated carbocycles. The van der Waals surface area contributed by atoms with Gasteiger partial charge in [-0.15, -0.1) is 0 Å². The van der Waals surface area contributed by atoms with Gasteiger partial charge >= 0.3 is 16.1 Å². The molecular weight excluding hydrogens is 208 g/mol. The molecule has 5 nitrogen and oxygen atoms in total. The lowest BCUT2D eigenvalue weighted by Gasteiger charge is -2.06. The number of carbonyl (C=O) groups is 1. The molecular formula is C8H16O5S. The van der Waals surface area contributed by atoms with Crippen molar-refractivity contribution >= 4 is 16.1 Å². The van der Waals surface area contributed by atoms with E-state index in [-0.39, 0.29) is 5.75 Å². The first-order valence-corrected chi connectivity index (χ1v) is 6.11. The number of rotatable bonds is 6. The maximum atomic E-state index is 11.1. The average Bonchev–Trinajstić information content (AvgIpc) is 2.03. The summed E-state index contributed by atoms with van der Waals surface area (Å²) in [5, 5.41) is 8.72. The highest BCUT2D eigenvalue weighted by Crippen LogP contribution is 2.03. The quantitative estimate of drug-likeness (QED) is 0.522. The third kappa shape index (κ3) is 5.93. The van der Waals surface area contributed by atoms with Gasteiger partial charge in [0.15, 0.2) is 0 Å². The van der Waals surface area contributed by atoms with Crippen molar-refractivity contribution in [1.29, 1.82) is 0 Å². The predicted molar refractivity (Wildman–Crippen MR) is 51.1 cm³/mol. The number of aliphatic hydroxyl groups excluding tert-OH is 1. The number of aliphatic hydroxyl groups is 1. The number of hydrogen-bond acceptors (Lipinski definition) is 5. The van der Waals surface area contributed by atoms with Gasteiger partial charge in [-0.25, -0.2) is 4.79 Å². The van der Waals surface area contributed by atoms with E-state index < -0.39 is 22.2 Å². The standard InChI is InChI=1S/C8H16O5S/c1-3-4-5-6-14(11,12)13-8(10)7(2)9/h7,9H,3-6H2,1-2H3. The van der Waals surface area contributed by atoms with Crippen LogP contribution in [0.2, 0.25) is 0 Å². The van der Waals surface area contributed by atoms with Gasteiger partial charge in [0.1, 0.15) is 6.10 Å². The highest BCUT2D eigenvalue weighted by atomic mass is 32.2. The Morgan fingerprint density at radius 1 is 1.43 bits per heavy atom. The molecule has 0 amide bonds. The molecule has 0 rings (SSSR count). The van der Waals surface area contributed by atoms with E-state index in [9.17, 15) is 13.2 Å². The van der Waals surface area contributed by atoms with Crippen molar-refractivity contribution in [2.24, 2.45) is 0 Å². The fourth-order valence-electron chi connectivity index (χ4n) is 0.765. The Hall–Kier alpha value is -0.620. The summed E-state index contributed by atoms with van der Waals surface area (Å²) < 4.78 is 26.3. The molecule has 0 aromatic rings. The lowest BCUT2D eigenvalue weighted by atomic mass is 10.3. The number of carbonyl (C=O) groups excluding carboxylic acids is 1. The van der Waals surface area contributed by atoms with Gasteiger partial charge in [0.25, 0.3) is 0 Å². The van der Waals surface area contributed by atoms with Gasteiger partial charge in [-0.3, -0.25) is 0 Å². The summed E-state index contributed by atoms with van der Waals surface area (Å²) in [6.45, 7) is 3.10. The van der Waals surface area contributed by atoms with E-state index in [0.29, 0.717) is 6.42 Å². The molecule has 1 atom stereocenters. The van der Waals surface area contributed by atoms with Crippen LogP contribution < -0.4 is 0 Å². The van der Waals surface area contributed by atoms with Gasteiger partial charge in [-0.2, -0.15) is 8.42 Å². The van der Waals surface area contributed by atoms with Crippen LogP contribution in [0, 0.1) is 0 Å². The van der Waals surface area contributed by atoms with E-state index in [1.807, 2.05) is 6.92 Å². The molecule has 84 valence electrons. The minimum Gasteiger partial charge on any atom is -0.382 e. The SMILES string of the molecule is CCCCCS(=O)(=O)OC(=O)C(C)O. The topological polar surface area (TPSA) is 80.7 Å². The second-order valence-electron chi connectivity index (χ2n) is 3.05. The molecule has 0 fully saturated rings. The van der Waals surface area contributed by atoms with Crippen LogP contribution in [0.15, 0.2) is 0 Å². The minimum absolute atomic E-state index is 0.181. The molecule has 0 heterocycles. The molecule has 1 N–H and O–H groups in total. The van der Waals surface area contributed by atoms with Crippen LogP contribution in [0.3, 0.4) is 0 Å². The van der Waals surface area contributed by atoms with Crippen LogP contribution in [0.5, 0.6) is 0 Å². The fraction of sp³-hybridized carbons (Fsp3) is 0.875. The molecule has 0 aliphatic rings. The van der Waals surface area contributed by atoms with E-state index in [4.69, 9.17) is 5.11 Å². The molecule has 6 heteroatoms. The average molecular weight is 224 g/mol. The Morgan fingerprint density at radius 3 is 2.43 bits per heavy atom. The van der Waals surface area contributed by atoms with Crippen LogP contribution in [0.4, 0.5) is 0 Å². The van der Waals surface area contributed by atoms with Crippen molar-refractivity contribution in [3.63, 3.8) is 0 Å². The third-order valence-electron chi connectivity index (χ3n) is 1.55. The van der Waals surface area contributed by atoms with Crippen molar-refractivity contribution < 1.29 is 22.5 Å². The Labute approximate surface area is 84.2 Å². The smallest absolute Gasteiger partial charge is 0.350 e. The Morgan fingerprint density at radius 2 is 2.00 bits per heavy atom. The zero-order valence-electron chi connectivity index (χ0n) is 8.39. The van der Waals surface area contributed by atoms with E-state index in [1.54, 1.807) is 0 Å². The molecule has 0 aliphatic heterocycles. The van der Waals surface area contributed by atoms with Gasteiger partial charge < -0.3 is 9.29 Å². The van der Waals surface area contributed by atoms with Crippen molar-refractivity contribution in [2.75, 3.05) is 5.75 Å². The van der Waals surface area contributed by atoms with Crippen LogP contribution in [0.1, 0.15) is 33.1 Å². The molecule has 0 aliphatic carbocycles. The zero-order chi connectivity index (χ0) is 11.2. The molecule has 0 spiro atoms. The van der Waals surface area contributed by atoms with Gasteiger partial charge in [-0.05, 0) is 13.3 Å². The largest absolute Gasteiger partial charge is 0.382 e. The highest BCUT2D eigenvalue weighted by Gasteiger charge is 2.19. The van der Waals surface area contributed by atoms with E-state index in [2.05, 4.69) is 4.18 Å². The van der Waals surface area contributed by atoms with Crippen LogP contribution in [-0.2, 0) is 19.1 Å². The minimum atomic E-state index is -3.81. The van der Waals surface area contributed by atoms with Crippen LogP contribution in [0.25, 0.3) is 0 Å². The maximum Gasteiger partial charge on any atom is 0.350 e. The third-order valence-corrected chi connectivity index (χ3v) is 2.75. The van der Waals surface area contributed by atoms with Crippen molar-refractivity contribution in [2.45, 2.75) is 39.2 Å². The van der Waals surface area contributed by atoms with E-state index in [1.165, 1.54) is 0 Å². The second kappa shape index (κ2) is 5.98. The summed E-state index contributed by atoms with van der Waals surface area (Å²) in [4.78, 5) is 10.7. The summed E-state index contributed by atoms with van der Waals surface area (Å²) >= 11 is 0. The summed E-state index contributed by atoms with van der Waals surface area (Å²) in [6, 6.07) is 0. The first-order chi connectivity index (χ1) is 6.39. The van der Waals surface area contributed by atoms with E-state index in [0.717, 1.165) is 19.8 Å². The van der Waals surface area contributed by atoms with Crippen molar-refractivity contribution in [3.05, 3.63) is 0 Å². The predicted octanol–water partition coefficient (Wildman–Crippen LogP) is 0.430. The lowest BCUT2D eigenvalue weighted by molar-refractivity contribution is -0.142. The Balaban J connectivity index is 4.02. The molecule has 0 aromatic carbocycles. The van der Waals surface area contributed by atoms with Gasteiger partial charge in [0, 0.05) is 0 Å². The lowest BCUT2D eigenvalue weighted by Crippen LogP contribution is -2.24. The first kappa shape index (κ1) is 13.4. The van der Waals surface area contributed by atoms with Crippen LogP contribution in [-0.4, -0.2) is 31.4 Å². The molecule has 14 heavy (non-hydrogen) atoms. The van der Waals surface area contributed by atoms with Gasteiger partial charge in [0.2, 0.25) is 0 Å². The summed E-state index contributed by atoms with van der Waals surface area (Å²) in [5.74, 6) is -1.30. The summed E-state index contributed by atoms with van der Waals surface area (Å²) in [7, 11) is -3.81. The fourth-order valence-corrected chi connectivity index (χ4v) is 1.80. The van der Waals surface area contributed by atoms with Crippen molar-refractivity contribution in [1.82, 2.24) is 0 Å². The van der Waals surface area contributed by atoms with Crippen molar-refractivity contribution in [3.8, 4) is 0 Å². The molecule has 1 unspecified atom stereocenters. The molecule has 0 bridgehead atoms. The second-order valence-corrected chi connectivity index (χ2v) is 4.74. The molecule has 0 radical (unpaired) electrons. The molecule has 0 saturated heterocycles. The zero-order valence-corrected chi connectivity index (χ0v) is 9.21. The van der Waals surface area contributed by atoms with Gasteiger partial charge in [0.05, 0.1) is 5.75 Å². The number of hydrogen-bond donors (Lipinski definition) is 1. The summed E-state index contributed by atoms with van der Waals surface area (Å²) in [6.07, 6.45) is 0.716. The Bertz CT molecular complexity index is 267. The monoisotopic (exact) mass is 224 g/mol.